The van der Waals surface area contributed by atoms with Crippen LogP contribution in [0.25, 0.3) is 0 Å². The molecule has 2 rings (SSSR count). The fourth-order valence-corrected chi connectivity index (χ4v) is 4.97. The van der Waals surface area contributed by atoms with Crippen LogP contribution in [0.1, 0.15) is 18.4 Å². The first-order chi connectivity index (χ1) is 13.3. The number of aliphatic hydroxyl groups excluding tert-OH is 1. The molecule has 0 saturated carbocycles. The highest BCUT2D eigenvalue weighted by Crippen LogP contribution is 2.38. The smallest absolute Gasteiger partial charge is 0.335 e. The summed E-state index contributed by atoms with van der Waals surface area (Å²) in [5.74, 6) is 0.652. The van der Waals surface area contributed by atoms with Crippen molar-refractivity contribution in [1.29, 1.82) is 0 Å². The number of likely N-dealkylation sites (N-methyl/N-ethyl adjacent to an activating group) is 1. The van der Waals surface area contributed by atoms with E-state index in [1.54, 1.807) is 22.9 Å². The van der Waals surface area contributed by atoms with Gasteiger partial charge in [-0.05, 0) is 24.2 Å². The van der Waals surface area contributed by atoms with Crippen LogP contribution in [0, 0.1) is 0 Å². The fraction of sp³-hybridized carbons (Fsp3) is 0.526. The Balaban J connectivity index is 1.79. The van der Waals surface area contributed by atoms with Gasteiger partial charge in [0.2, 0.25) is 0 Å². The predicted octanol–water partition coefficient (Wildman–Crippen LogP) is 2.53. The summed E-state index contributed by atoms with van der Waals surface area (Å²) in [7, 11) is -2.18. The number of nitrogens with zero attached hydrogens (tertiary/aromatic N) is 2. The monoisotopic (exact) mass is 428 g/mol. The Morgan fingerprint density at radius 2 is 2.00 bits per heavy atom. The highest BCUT2D eigenvalue weighted by atomic mass is 32.2. The molecule has 1 aromatic rings. The van der Waals surface area contributed by atoms with Crippen LogP contribution in [0.2, 0.25) is 0 Å². The zero-order chi connectivity index (χ0) is 20.6. The van der Waals surface area contributed by atoms with E-state index in [9.17, 15) is 14.5 Å². The Morgan fingerprint density at radius 3 is 2.68 bits per heavy atom. The third-order valence-corrected chi connectivity index (χ3v) is 7.13. The van der Waals surface area contributed by atoms with Gasteiger partial charge in [-0.1, -0.05) is 42.5 Å². The van der Waals surface area contributed by atoms with Gasteiger partial charge in [-0.3, -0.25) is 4.57 Å². The maximum absolute atomic E-state index is 12.4. The number of amides is 2. The number of thioether (sulfide) groups is 1. The number of hydrogen-bond acceptors (Lipinski definition) is 4. The lowest BCUT2D eigenvalue weighted by Crippen LogP contribution is -2.34. The molecule has 3 N–H and O–H groups in total. The molecule has 2 amide bonds. The molecule has 2 atom stereocenters. The van der Waals surface area contributed by atoms with Crippen LogP contribution in [0.15, 0.2) is 42.5 Å². The number of benzene rings is 1. The number of carbonyl (C=O) groups excluding carboxylic acids is 1. The van der Waals surface area contributed by atoms with Crippen molar-refractivity contribution in [3.8, 4) is 0 Å². The highest BCUT2D eigenvalue weighted by molar-refractivity contribution is 8.04. The van der Waals surface area contributed by atoms with Gasteiger partial charge >= 0.3 is 13.6 Å². The topological polar surface area (TPSA) is 101 Å². The van der Waals surface area contributed by atoms with E-state index in [1.165, 1.54) is 11.8 Å². The maximum atomic E-state index is 12.4. The first-order valence-corrected chi connectivity index (χ1v) is 12.3. The first kappa shape index (κ1) is 23.0. The lowest BCUT2D eigenvalue weighted by molar-refractivity contribution is 0.193. The van der Waals surface area contributed by atoms with Gasteiger partial charge in [0.15, 0.2) is 0 Å². The SMILES string of the molecule is CN1C[C@H](/C=C/C(O)Cc2ccccc2)N(CCCCSCP(=O)(O)O)C1=O. The molecular weight excluding hydrogens is 399 g/mol. The molecule has 1 aromatic carbocycles. The molecule has 0 radical (unpaired) electrons. The number of urea groups is 1. The molecule has 1 heterocycles. The van der Waals surface area contributed by atoms with E-state index in [1.807, 2.05) is 36.4 Å². The number of unbranched alkanes of at least 4 members (excludes halogenated alkanes) is 1. The largest absolute Gasteiger partial charge is 0.389 e. The van der Waals surface area contributed by atoms with Crippen LogP contribution in [0.3, 0.4) is 0 Å². The third-order valence-electron chi connectivity index (χ3n) is 4.47. The summed E-state index contributed by atoms with van der Waals surface area (Å²) in [6.45, 7) is 1.17. The van der Waals surface area contributed by atoms with Gasteiger partial charge in [-0.25, -0.2) is 4.79 Å². The second-order valence-corrected chi connectivity index (χ2v) is 10.2. The van der Waals surface area contributed by atoms with Crippen molar-refractivity contribution < 1.29 is 24.3 Å². The molecule has 1 unspecified atom stereocenters. The van der Waals surface area contributed by atoms with Gasteiger partial charge in [0.25, 0.3) is 0 Å². The molecule has 7 nitrogen and oxygen atoms in total. The Kier molecular flexibility index (Phi) is 9.05. The minimum absolute atomic E-state index is 0.0323. The highest BCUT2D eigenvalue weighted by Gasteiger charge is 2.32. The molecule has 1 fully saturated rings. The number of aliphatic hydroxyl groups is 1. The average Bonchev–Trinajstić information content (AvgIpc) is 2.90. The van der Waals surface area contributed by atoms with Gasteiger partial charge in [-0.15, -0.1) is 11.8 Å². The summed E-state index contributed by atoms with van der Waals surface area (Å²) in [4.78, 5) is 33.5. The van der Waals surface area contributed by atoms with Gasteiger partial charge in [0.05, 0.1) is 17.6 Å². The Bertz CT molecular complexity index is 697. The lowest BCUT2D eigenvalue weighted by Gasteiger charge is -2.21. The van der Waals surface area contributed by atoms with Crippen LogP contribution < -0.4 is 0 Å². The van der Waals surface area contributed by atoms with Crippen LogP contribution in [-0.2, 0) is 11.0 Å². The van der Waals surface area contributed by atoms with Gasteiger partial charge < -0.3 is 24.7 Å². The summed E-state index contributed by atoms with van der Waals surface area (Å²) in [5, 5.41) is 10.2. The second kappa shape index (κ2) is 11.0. The standard InChI is InChI=1S/C19H29N2O5PS/c1-20-14-17(9-10-18(22)13-16-7-3-2-4-8-16)21(19(20)23)11-5-6-12-28-15-27(24,25)26/h2-4,7-10,17-18,22H,5-6,11-15H2,1H3,(H2,24,25,26)/b10-9+/t17-,18?/m0/s1. The molecular formula is C19H29N2O5PS. The molecule has 1 saturated heterocycles. The summed E-state index contributed by atoms with van der Waals surface area (Å²) in [6.07, 6.45) is 5.14. The molecule has 0 aliphatic carbocycles. The van der Waals surface area contributed by atoms with Crippen molar-refractivity contribution in [3.63, 3.8) is 0 Å². The third kappa shape index (κ3) is 7.97. The van der Waals surface area contributed by atoms with Crippen molar-refractivity contribution in [2.75, 3.05) is 31.4 Å². The van der Waals surface area contributed by atoms with Crippen molar-refractivity contribution >= 4 is 25.4 Å². The summed E-state index contributed by atoms with van der Waals surface area (Å²) in [5.41, 5.74) is 0.896. The van der Waals surface area contributed by atoms with Crippen molar-refractivity contribution in [2.45, 2.75) is 31.4 Å². The molecule has 156 valence electrons. The minimum atomic E-state index is -3.95. The number of carbonyl (C=O) groups is 1. The maximum Gasteiger partial charge on any atom is 0.335 e. The lowest BCUT2D eigenvalue weighted by atomic mass is 10.1. The zero-order valence-electron chi connectivity index (χ0n) is 16.1. The van der Waals surface area contributed by atoms with Crippen LogP contribution >= 0.6 is 19.4 Å². The van der Waals surface area contributed by atoms with E-state index in [-0.39, 0.29) is 17.6 Å². The molecule has 28 heavy (non-hydrogen) atoms. The van der Waals surface area contributed by atoms with E-state index in [2.05, 4.69) is 0 Å². The van der Waals surface area contributed by atoms with E-state index in [4.69, 9.17) is 9.79 Å². The van der Waals surface area contributed by atoms with E-state index >= 15 is 0 Å². The van der Waals surface area contributed by atoms with Crippen molar-refractivity contribution in [3.05, 3.63) is 48.0 Å². The first-order valence-electron chi connectivity index (χ1n) is 9.30. The normalized spacial score (nSPS) is 19.0. The second-order valence-electron chi connectivity index (χ2n) is 6.97. The summed E-state index contributed by atoms with van der Waals surface area (Å²) >= 11 is 1.24. The van der Waals surface area contributed by atoms with Crippen LogP contribution in [-0.4, -0.2) is 74.3 Å². The van der Waals surface area contributed by atoms with E-state index in [0.717, 1.165) is 18.4 Å². The molecule has 0 spiro atoms. The molecule has 0 aromatic heterocycles. The van der Waals surface area contributed by atoms with E-state index in [0.29, 0.717) is 25.3 Å². The Hall–Kier alpha value is -1.31. The quantitative estimate of drug-likeness (QED) is 0.284. The van der Waals surface area contributed by atoms with Crippen molar-refractivity contribution in [1.82, 2.24) is 9.80 Å². The Morgan fingerprint density at radius 1 is 1.29 bits per heavy atom. The van der Waals surface area contributed by atoms with Crippen molar-refractivity contribution in [2.24, 2.45) is 0 Å². The summed E-state index contributed by atoms with van der Waals surface area (Å²) in [6, 6.07) is 9.66. The van der Waals surface area contributed by atoms with Gasteiger partial charge in [0, 0.05) is 26.6 Å². The molecule has 9 heteroatoms. The zero-order valence-corrected chi connectivity index (χ0v) is 17.8. The summed E-state index contributed by atoms with van der Waals surface area (Å²) < 4.78 is 10.8. The van der Waals surface area contributed by atoms with E-state index < -0.39 is 13.7 Å². The van der Waals surface area contributed by atoms with Gasteiger partial charge in [-0.2, -0.15) is 0 Å². The minimum Gasteiger partial charge on any atom is -0.389 e. The molecule has 1 aliphatic heterocycles. The fourth-order valence-electron chi connectivity index (χ4n) is 3.09. The van der Waals surface area contributed by atoms with Crippen LogP contribution in [0.5, 0.6) is 0 Å². The average molecular weight is 428 g/mol. The van der Waals surface area contributed by atoms with Gasteiger partial charge in [0.1, 0.15) is 0 Å². The number of hydrogen-bond donors (Lipinski definition) is 3. The Labute approximate surface area is 170 Å². The molecule has 0 bridgehead atoms. The predicted molar refractivity (Wildman–Crippen MR) is 112 cm³/mol. The molecule has 1 aliphatic rings. The number of rotatable bonds is 11. The van der Waals surface area contributed by atoms with Crippen LogP contribution in [0.4, 0.5) is 4.79 Å².